The molecule has 3 N–H and O–H groups in total. The van der Waals surface area contributed by atoms with E-state index in [-0.39, 0.29) is 29.5 Å². The van der Waals surface area contributed by atoms with E-state index in [0.717, 1.165) is 45.3 Å². The number of halogens is 1. The van der Waals surface area contributed by atoms with Crippen LogP contribution < -0.4 is 11.1 Å². The molecule has 118 valence electrons. The van der Waals surface area contributed by atoms with E-state index in [1.807, 2.05) is 0 Å². The SMILES string of the molecule is CC(C)(CN=C(N)NCC1CCC1)N1CCOCC1.I. The summed E-state index contributed by atoms with van der Waals surface area (Å²) in [6, 6.07) is 0. The highest BCUT2D eigenvalue weighted by Crippen LogP contribution is 2.25. The van der Waals surface area contributed by atoms with Crippen LogP contribution in [0.4, 0.5) is 0 Å². The Morgan fingerprint density at radius 2 is 2.00 bits per heavy atom. The molecule has 2 aliphatic rings. The summed E-state index contributed by atoms with van der Waals surface area (Å²) in [6.45, 7) is 9.77. The Hall–Kier alpha value is -0.0800. The predicted molar refractivity (Wildman–Crippen MR) is 93.7 cm³/mol. The maximum Gasteiger partial charge on any atom is 0.188 e. The average molecular weight is 396 g/mol. The number of aliphatic imine (C=N–C) groups is 1. The zero-order valence-electron chi connectivity index (χ0n) is 12.7. The zero-order valence-corrected chi connectivity index (χ0v) is 15.1. The highest BCUT2D eigenvalue weighted by molar-refractivity contribution is 14.0. The van der Waals surface area contributed by atoms with Crippen molar-refractivity contribution in [1.29, 1.82) is 0 Å². The van der Waals surface area contributed by atoms with E-state index in [4.69, 9.17) is 10.5 Å². The van der Waals surface area contributed by atoms with Gasteiger partial charge in [0.15, 0.2) is 5.96 Å². The number of hydrogen-bond acceptors (Lipinski definition) is 3. The minimum atomic E-state index is 0. The van der Waals surface area contributed by atoms with Crippen LogP contribution in [-0.2, 0) is 4.74 Å². The molecule has 1 aliphatic carbocycles. The molecule has 6 heteroatoms. The first-order valence-corrected chi connectivity index (χ1v) is 7.44. The Morgan fingerprint density at radius 3 is 2.55 bits per heavy atom. The summed E-state index contributed by atoms with van der Waals surface area (Å²) in [7, 11) is 0. The van der Waals surface area contributed by atoms with Gasteiger partial charge in [0.25, 0.3) is 0 Å². The topological polar surface area (TPSA) is 62.9 Å². The molecule has 1 saturated carbocycles. The molecule has 1 aliphatic heterocycles. The first kappa shape index (κ1) is 18.0. The van der Waals surface area contributed by atoms with Crippen LogP contribution in [0.2, 0.25) is 0 Å². The van der Waals surface area contributed by atoms with E-state index >= 15 is 0 Å². The van der Waals surface area contributed by atoms with Crippen molar-refractivity contribution in [3.05, 3.63) is 0 Å². The van der Waals surface area contributed by atoms with Crippen LogP contribution in [0.5, 0.6) is 0 Å². The van der Waals surface area contributed by atoms with E-state index < -0.39 is 0 Å². The average Bonchev–Trinajstić information content (AvgIpc) is 2.36. The van der Waals surface area contributed by atoms with E-state index in [9.17, 15) is 0 Å². The second kappa shape index (κ2) is 8.38. The largest absolute Gasteiger partial charge is 0.379 e. The number of ether oxygens (including phenoxy) is 1. The third-order valence-corrected chi connectivity index (χ3v) is 4.30. The second-order valence-electron chi connectivity index (χ2n) is 6.29. The molecule has 0 aromatic heterocycles. The normalized spacial score (nSPS) is 22.0. The quantitative estimate of drug-likeness (QED) is 0.419. The van der Waals surface area contributed by atoms with Crippen LogP contribution in [-0.4, -0.2) is 55.8 Å². The Kier molecular flexibility index (Phi) is 7.53. The van der Waals surface area contributed by atoms with Gasteiger partial charge in [0.1, 0.15) is 0 Å². The maximum absolute atomic E-state index is 5.93. The molecular formula is C14H29IN4O. The van der Waals surface area contributed by atoms with Crippen LogP contribution in [0.25, 0.3) is 0 Å². The molecule has 2 rings (SSSR count). The molecule has 0 atom stereocenters. The van der Waals surface area contributed by atoms with Gasteiger partial charge in [-0.1, -0.05) is 6.42 Å². The number of rotatable bonds is 5. The molecule has 0 amide bonds. The highest BCUT2D eigenvalue weighted by atomic mass is 127. The molecule has 2 fully saturated rings. The Balaban J connectivity index is 0.00000200. The van der Waals surface area contributed by atoms with Gasteiger partial charge < -0.3 is 15.8 Å². The molecule has 0 aromatic carbocycles. The predicted octanol–water partition coefficient (Wildman–Crippen LogP) is 1.42. The molecule has 5 nitrogen and oxygen atoms in total. The van der Waals surface area contributed by atoms with Gasteiger partial charge in [0.2, 0.25) is 0 Å². The van der Waals surface area contributed by atoms with Crippen LogP contribution in [0.1, 0.15) is 33.1 Å². The summed E-state index contributed by atoms with van der Waals surface area (Å²) in [4.78, 5) is 6.93. The standard InChI is InChI=1S/C14H28N4O.HI/c1-14(2,18-6-8-19-9-7-18)11-17-13(15)16-10-12-4-3-5-12;/h12H,3-11H2,1-2H3,(H3,15,16,17);1H. The van der Waals surface area contributed by atoms with Gasteiger partial charge >= 0.3 is 0 Å². The summed E-state index contributed by atoms with van der Waals surface area (Å²) in [6.07, 6.45) is 4.03. The van der Waals surface area contributed by atoms with Gasteiger partial charge in [-0.05, 0) is 32.6 Å². The zero-order chi connectivity index (χ0) is 13.7. The third-order valence-electron chi connectivity index (χ3n) is 4.30. The van der Waals surface area contributed by atoms with Gasteiger partial charge in [0.05, 0.1) is 19.8 Å². The molecule has 0 radical (unpaired) electrons. The van der Waals surface area contributed by atoms with Gasteiger partial charge in [-0.25, -0.2) is 0 Å². The number of hydrogen-bond donors (Lipinski definition) is 2. The highest BCUT2D eigenvalue weighted by Gasteiger charge is 2.28. The Labute approximate surface area is 139 Å². The summed E-state index contributed by atoms with van der Waals surface area (Å²) >= 11 is 0. The van der Waals surface area contributed by atoms with Crippen molar-refractivity contribution >= 4 is 29.9 Å². The number of nitrogens with one attached hydrogen (secondary N) is 1. The Morgan fingerprint density at radius 1 is 1.35 bits per heavy atom. The van der Waals surface area contributed by atoms with Crippen molar-refractivity contribution in [3.63, 3.8) is 0 Å². The van der Waals surface area contributed by atoms with Gasteiger partial charge in [-0.15, -0.1) is 24.0 Å². The van der Waals surface area contributed by atoms with Crippen LogP contribution in [0.3, 0.4) is 0 Å². The fourth-order valence-corrected chi connectivity index (χ4v) is 2.55. The summed E-state index contributed by atoms with van der Waals surface area (Å²) < 4.78 is 5.39. The van der Waals surface area contributed by atoms with Crippen molar-refractivity contribution in [2.45, 2.75) is 38.6 Å². The van der Waals surface area contributed by atoms with Crippen molar-refractivity contribution in [2.75, 3.05) is 39.4 Å². The number of nitrogens with two attached hydrogens (primary N) is 1. The number of nitrogens with zero attached hydrogens (tertiary/aromatic N) is 2. The fourth-order valence-electron chi connectivity index (χ4n) is 2.55. The lowest BCUT2D eigenvalue weighted by molar-refractivity contribution is -0.00682. The van der Waals surface area contributed by atoms with E-state index in [1.54, 1.807) is 0 Å². The summed E-state index contributed by atoms with van der Waals surface area (Å²) in [5.74, 6) is 1.40. The van der Waals surface area contributed by atoms with E-state index in [1.165, 1.54) is 19.3 Å². The van der Waals surface area contributed by atoms with Gasteiger partial charge in [-0.3, -0.25) is 9.89 Å². The minimum Gasteiger partial charge on any atom is -0.379 e. The molecule has 0 unspecified atom stereocenters. The van der Waals surface area contributed by atoms with E-state index in [2.05, 4.69) is 29.1 Å². The van der Waals surface area contributed by atoms with Gasteiger partial charge in [-0.2, -0.15) is 0 Å². The van der Waals surface area contributed by atoms with Crippen molar-refractivity contribution in [2.24, 2.45) is 16.6 Å². The first-order valence-electron chi connectivity index (χ1n) is 7.44. The molecule has 1 saturated heterocycles. The monoisotopic (exact) mass is 396 g/mol. The van der Waals surface area contributed by atoms with Crippen LogP contribution in [0.15, 0.2) is 4.99 Å². The van der Waals surface area contributed by atoms with Crippen molar-refractivity contribution in [1.82, 2.24) is 10.2 Å². The number of morpholine rings is 1. The van der Waals surface area contributed by atoms with Crippen LogP contribution >= 0.6 is 24.0 Å². The smallest absolute Gasteiger partial charge is 0.188 e. The molecule has 0 aromatic rings. The minimum absolute atomic E-state index is 0. The van der Waals surface area contributed by atoms with Crippen molar-refractivity contribution < 1.29 is 4.74 Å². The maximum atomic E-state index is 5.93. The fraction of sp³-hybridized carbons (Fsp3) is 0.929. The summed E-state index contributed by atoms with van der Waals surface area (Å²) in [5, 5.41) is 3.24. The Bertz CT molecular complexity index is 312. The summed E-state index contributed by atoms with van der Waals surface area (Å²) in [5.41, 5.74) is 5.98. The van der Waals surface area contributed by atoms with Crippen molar-refractivity contribution in [3.8, 4) is 0 Å². The third kappa shape index (κ3) is 5.37. The van der Waals surface area contributed by atoms with E-state index in [0.29, 0.717) is 5.96 Å². The molecule has 20 heavy (non-hydrogen) atoms. The molecular weight excluding hydrogens is 367 g/mol. The lowest BCUT2D eigenvalue weighted by Gasteiger charge is -2.39. The number of guanidine groups is 1. The molecule has 1 heterocycles. The molecule has 0 spiro atoms. The van der Waals surface area contributed by atoms with Crippen LogP contribution in [0, 0.1) is 5.92 Å². The molecule has 0 bridgehead atoms. The first-order chi connectivity index (χ1) is 9.08. The second-order valence-corrected chi connectivity index (χ2v) is 6.29. The van der Waals surface area contributed by atoms with Gasteiger partial charge in [0, 0.05) is 25.2 Å². The lowest BCUT2D eigenvalue weighted by atomic mass is 9.85. The lowest BCUT2D eigenvalue weighted by Crippen LogP contribution is -2.52.